The monoisotopic (exact) mass is 229 g/mol. The molecule has 82 valence electrons. The van der Waals surface area contributed by atoms with Crippen molar-refractivity contribution < 1.29 is 14.6 Å². The lowest BCUT2D eigenvalue weighted by Gasteiger charge is -2.06. The smallest absolute Gasteiger partial charge is 0.304 e. The number of nitrogens with two attached hydrogens (primary N) is 1. The van der Waals surface area contributed by atoms with Crippen LogP contribution in [0, 0.1) is 0 Å². The lowest BCUT2D eigenvalue weighted by atomic mass is 10.5. The summed E-state index contributed by atoms with van der Waals surface area (Å²) < 4.78 is 4.91. The van der Waals surface area contributed by atoms with E-state index in [1.54, 1.807) is 0 Å². The van der Waals surface area contributed by atoms with Crippen molar-refractivity contribution in [3.05, 3.63) is 6.33 Å². The molecular weight excluding hydrogens is 218 g/mol. The molecule has 1 aromatic rings. The van der Waals surface area contributed by atoms with Gasteiger partial charge in [-0.3, -0.25) is 4.79 Å². The van der Waals surface area contributed by atoms with Gasteiger partial charge in [0, 0.05) is 5.75 Å². The van der Waals surface area contributed by atoms with Gasteiger partial charge >= 0.3 is 5.97 Å². The molecule has 0 aliphatic heterocycles. The summed E-state index contributed by atoms with van der Waals surface area (Å²) in [6.45, 7) is 0. The number of carboxylic acids is 1. The zero-order valence-electron chi connectivity index (χ0n) is 8.14. The minimum absolute atomic E-state index is 0.0659. The van der Waals surface area contributed by atoms with Crippen LogP contribution in [-0.2, 0) is 4.79 Å². The average molecular weight is 229 g/mol. The number of hydrogen-bond donors (Lipinski definition) is 2. The van der Waals surface area contributed by atoms with Crippen LogP contribution in [0.1, 0.15) is 6.42 Å². The Balaban J connectivity index is 2.64. The van der Waals surface area contributed by atoms with Crippen LogP contribution in [-0.4, -0.2) is 33.9 Å². The van der Waals surface area contributed by atoms with Crippen molar-refractivity contribution in [1.82, 2.24) is 9.97 Å². The molecule has 0 bridgehead atoms. The van der Waals surface area contributed by atoms with Gasteiger partial charge in [0.15, 0.2) is 0 Å². The van der Waals surface area contributed by atoms with E-state index in [-0.39, 0.29) is 6.42 Å². The van der Waals surface area contributed by atoms with E-state index in [9.17, 15) is 4.79 Å². The van der Waals surface area contributed by atoms with Crippen LogP contribution >= 0.6 is 11.8 Å². The van der Waals surface area contributed by atoms with Crippen molar-refractivity contribution in [2.24, 2.45) is 0 Å². The van der Waals surface area contributed by atoms with Crippen LogP contribution in [0.5, 0.6) is 5.88 Å². The van der Waals surface area contributed by atoms with Crippen molar-refractivity contribution in [2.45, 2.75) is 11.4 Å². The lowest BCUT2D eigenvalue weighted by Crippen LogP contribution is -2.01. The maximum absolute atomic E-state index is 10.3. The molecule has 0 radical (unpaired) electrons. The molecule has 0 aliphatic rings. The second-order valence-corrected chi connectivity index (χ2v) is 3.68. The van der Waals surface area contributed by atoms with Crippen LogP contribution in [0.15, 0.2) is 11.4 Å². The summed E-state index contributed by atoms with van der Waals surface area (Å²) in [6, 6.07) is 0. The Hall–Kier alpha value is -1.50. The maximum Gasteiger partial charge on any atom is 0.304 e. The Labute approximate surface area is 90.9 Å². The highest BCUT2D eigenvalue weighted by Gasteiger charge is 2.09. The number of rotatable bonds is 5. The van der Waals surface area contributed by atoms with Crippen LogP contribution in [0.2, 0.25) is 0 Å². The van der Waals surface area contributed by atoms with Gasteiger partial charge in [0.25, 0.3) is 0 Å². The molecule has 0 amide bonds. The van der Waals surface area contributed by atoms with Gasteiger partial charge in [0.1, 0.15) is 17.0 Å². The molecule has 1 rings (SSSR count). The van der Waals surface area contributed by atoms with Gasteiger partial charge in [0.2, 0.25) is 5.88 Å². The molecule has 0 atom stereocenters. The van der Waals surface area contributed by atoms with Gasteiger partial charge in [-0.2, -0.15) is 4.98 Å². The Morgan fingerprint density at radius 2 is 2.40 bits per heavy atom. The molecule has 0 saturated heterocycles. The number of ether oxygens (including phenoxy) is 1. The fourth-order valence-corrected chi connectivity index (χ4v) is 1.71. The molecule has 1 heterocycles. The number of nitrogens with zero attached hydrogens (tertiary/aromatic N) is 2. The van der Waals surface area contributed by atoms with Gasteiger partial charge in [-0.15, -0.1) is 11.8 Å². The lowest BCUT2D eigenvalue weighted by molar-refractivity contribution is -0.136. The summed E-state index contributed by atoms with van der Waals surface area (Å²) >= 11 is 1.27. The number of methoxy groups -OCH3 is 1. The normalized spacial score (nSPS) is 9.93. The maximum atomic E-state index is 10.3. The SMILES string of the molecule is COc1ncnc(SCCC(=O)O)c1N. The summed E-state index contributed by atoms with van der Waals surface area (Å²) in [5, 5.41) is 9.00. The van der Waals surface area contributed by atoms with E-state index >= 15 is 0 Å². The number of hydrogen-bond acceptors (Lipinski definition) is 6. The summed E-state index contributed by atoms with van der Waals surface area (Å²) in [6.07, 6.45) is 1.40. The molecule has 1 aromatic heterocycles. The first-order valence-corrected chi connectivity index (χ1v) is 5.12. The number of aliphatic carboxylic acids is 1. The molecule has 3 N–H and O–H groups in total. The summed E-state index contributed by atoms with van der Waals surface area (Å²) in [7, 11) is 1.46. The Bertz CT molecular complexity index is 359. The Morgan fingerprint density at radius 3 is 3.00 bits per heavy atom. The number of anilines is 1. The first kappa shape index (κ1) is 11.6. The quantitative estimate of drug-likeness (QED) is 0.564. The number of carboxylic acid groups (broad SMARTS) is 1. The zero-order chi connectivity index (χ0) is 11.3. The third-order valence-corrected chi connectivity index (χ3v) is 2.57. The number of aromatic nitrogens is 2. The molecule has 0 spiro atoms. The molecule has 0 aromatic carbocycles. The van der Waals surface area contributed by atoms with Crippen molar-refractivity contribution in [1.29, 1.82) is 0 Å². The van der Waals surface area contributed by atoms with E-state index < -0.39 is 5.97 Å². The molecule has 0 unspecified atom stereocenters. The molecular formula is C8H11N3O3S. The average Bonchev–Trinajstić information content (AvgIpc) is 2.20. The van der Waals surface area contributed by atoms with E-state index in [4.69, 9.17) is 15.6 Å². The van der Waals surface area contributed by atoms with Crippen LogP contribution in [0.4, 0.5) is 5.69 Å². The molecule has 0 fully saturated rings. The topological polar surface area (TPSA) is 98.3 Å². The van der Waals surface area contributed by atoms with Crippen LogP contribution in [0.3, 0.4) is 0 Å². The standard InChI is InChI=1S/C8H11N3O3S/c1-14-7-6(9)8(11-4-10-7)15-3-2-5(12)13/h4H,2-3,9H2,1H3,(H,12,13). The molecule has 6 nitrogen and oxygen atoms in total. The third kappa shape index (κ3) is 3.28. The highest BCUT2D eigenvalue weighted by molar-refractivity contribution is 7.99. The third-order valence-electron chi connectivity index (χ3n) is 1.56. The summed E-state index contributed by atoms with van der Waals surface area (Å²) in [5.41, 5.74) is 6.04. The Kier molecular flexibility index (Phi) is 4.17. The van der Waals surface area contributed by atoms with Crippen LogP contribution < -0.4 is 10.5 Å². The fraction of sp³-hybridized carbons (Fsp3) is 0.375. The second kappa shape index (κ2) is 5.40. The second-order valence-electron chi connectivity index (χ2n) is 2.59. The van der Waals surface area contributed by atoms with E-state index in [2.05, 4.69) is 9.97 Å². The predicted octanol–water partition coefficient (Wildman–Crippen LogP) is 0.634. The van der Waals surface area contributed by atoms with Gasteiger partial charge in [-0.25, -0.2) is 4.98 Å². The summed E-state index contributed by atoms with van der Waals surface area (Å²) in [4.78, 5) is 18.0. The fourth-order valence-electron chi connectivity index (χ4n) is 0.877. The van der Waals surface area contributed by atoms with Gasteiger partial charge in [-0.1, -0.05) is 0 Å². The minimum atomic E-state index is -0.845. The van der Waals surface area contributed by atoms with Crippen molar-refractivity contribution in [2.75, 3.05) is 18.6 Å². The minimum Gasteiger partial charge on any atom is -0.481 e. The molecule has 0 aliphatic carbocycles. The van der Waals surface area contributed by atoms with E-state index in [0.29, 0.717) is 22.3 Å². The van der Waals surface area contributed by atoms with Gasteiger partial charge < -0.3 is 15.6 Å². The van der Waals surface area contributed by atoms with Gasteiger partial charge in [-0.05, 0) is 0 Å². The predicted molar refractivity (Wildman–Crippen MR) is 56.0 cm³/mol. The first-order valence-electron chi connectivity index (χ1n) is 4.14. The van der Waals surface area contributed by atoms with E-state index in [0.717, 1.165) is 0 Å². The number of thioether (sulfide) groups is 1. The molecule has 15 heavy (non-hydrogen) atoms. The highest BCUT2D eigenvalue weighted by Crippen LogP contribution is 2.28. The van der Waals surface area contributed by atoms with E-state index in [1.165, 1.54) is 25.2 Å². The van der Waals surface area contributed by atoms with E-state index in [1.807, 2.05) is 0 Å². The van der Waals surface area contributed by atoms with Crippen molar-refractivity contribution in [3.63, 3.8) is 0 Å². The van der Waals surface area contributed by atoms with Crippen LogP contribution in [0.25, 0.3) is 0 Å². The molecule has 7 heteroatoms. The van der Waals surface area contributed by atoms with Gasteiger partial charge in [0.05, 0.1) is 13.5 Å². The highest BCUT2D eigenvalue weighted by atomic mass is 32.2. The number of nitrogen functional groups attached to an aromatic ring is 1. The largest absolute Gasteiger partial charge is 0.481 e. The molecule has 0 saturated carbocycles. The zero-order valence-corrected chi connectivity index (χ0v) is 8.95. The summed E-state index contributed by atoms with van der Waals surface area (Å²) in [5.74, 6) is -0.121. The van der Waals surface area contributed by atoms with Crippen molar-refractivity contribution in [3.8, 4) is 5.88 Å². The first-order chi connectivity index (χ1) is 7.15. The van der Waals surface area contributed by atoms with Crippen molar-refractivity contribution >= 4 is 23.4 Å². The Morgan fingerprint density at radius 1 is 1.67 bits per heavy atom. The number of carbonyl (C=O) groups is 1.